The number of benzene rings is 2. The molecule has 1 unspecified atom stereocenters. The first-order valence-corrected chi connectivity index (χ1v) is 7.09. The van der Waals surface area contributed by atoms with Crippen LogP contribution in [0.2, 0.25) is 5.02 Å². The topological polar surface area (TPSA) is 26.0 Å². The fourth-order valence-corrected chi connectivity index (χ4v) is 2.67. The van der Waals surface area contributed by atoms with Crippen molar-refractivity contribution in [3.05, 3.63) is 69.7 Å². The van der Waals surface area contributed by atoms with Crippen LogP contribution in [0.4, 0.5) is 0 Å². The number of rotatable bonds is 4. The monoisotopic (exact) mass is 273 g/mol. The summed E-state index contributed by atoms with van der Waals surface area (Å²) in [5, 5.41) is 0.746. The molecule has 0 bridgehead atoms. The van der Waals surface area contributed by atoms with Crippen LogP contribution < -0.4 is 5.73 Å². The van der Waals surface area contributed by atoms with E-state index >= 15 is 0 Å². The third kappa shape index (κ3) is 3.59. The standard InChI is InChI=1S/C17H20ClN/c1-3-5-13-6-4-7-14(10-13)17(19)15-8-12(2)9-16(18)11-15/h4,6-11,17H,3,5,19H2,1-2H3. The van der Waals surface area contributed by atoms with Crippen molar-refractivity contribution < 1.29 is 0 Å². The predicted molar refractivity (Wildman–Crippen MR) is 82.7 cm³/mol. The van der Waals surface area contributed by atoms with Crippen LogP contribution in [0.5, 0.6) is 0 Å². The van der Waals surface area contributed by atoms with E-state index in [1.165, 1.54) is 5.56 Å². The van der Waals surface area contributed by atoms with Gasteiger partial charge in [-0.2, -0.15) is 0 Å². The molecule has 0 heterocycles. The minimum atomic E-state index is -0.116. The second-order valence-electron chi connectivity index (χ2n) is 5.03. The summed E-state index contributed by atoms with van der Waals surface area (Å²) < 4.78 is 0. The highest BCUT2D eigenvalue weighted by atomic mass is 35.5. The molecule has 0 aliphatic rings. The van der Waals surface area contributed by atoms with E-state index in [0.717, 1.165) is 34.6 Å². The molecule has 2 rings (SSSR count). The highest BCUT2D eigenvalue weighted by Crippen LogP contribution is 2.24. The van der Waals surface area contributed by atoms with Crippen molar-refractivity contribution in [3.8, 4) is 0 Å². The van der Waals surface area contributed by atoms with E-state index in [1.54, 1.807) is 0 Å². The third-order valence-corrected chi connectivity index (χ3v) is 3.49. The number of aryl methyl sites for hydroxylation is 2. The summed E-state index contributed by atoms with van der Waals surface area (Å²) in [6.07, 6.45) is 2.24. The zero-order valence-corrected chi connectivity index (χ0v) is 12.2. The maximum atomic E-state index is 6.36. The molecule has 2 N–H and O–H groups in total. The van der Waals surface area contributed by atoms with Gasteiger partial charge < -0.3 is 5.73 Å². The van der Waals surface area contributed by atoms with Gasteiger partial charge in [-0.05, 0) is 47.7 Å². The Bertz CT molecular complexity index is 543. The van der Waals surface area contributed by atoms with Gasteiger partial charge in [-0.1, -0.05) is 55.3 Å². The maximum Gasteiger partial charge on any atom is 0.0552 e. The average molecular weight is 274 g/mol. The Kier molecular flexibility index (Phi) is 4.62. The number of nitrogens with two attached hydrogens (primary N) is 1. The Labute approximate surface area is 120 Å². The van der Waals surface area contributed by atoms with Gasteiger partial charge in [-0.3, -0.25) is 0 Å². The van der Waals surface area contributed by atoms with Gasteiger partial charge in [0.05, 0.1) is 6.04 Å². The molecule has 2 heteroatoms. The predicted octanol–water partition coefficient (Wildman–Crippen LogP) is 4.65. The quantitative estimate of drug-likeness (QED) is 0.862. The van der Waals surface area contributed by atoms with Gasteiger partial charge >= 0.3 is 0 Å². The highest BCUT2D eigenvalue weighted by molar-refractivity contribution is 6.30. The van der Waals surface area contributed by atoms with Gasteiger partial charge in [0.2, 0.25) is 0 Å². The van der Waals surface area contributed by atoms with E-state index in [9.17, 15) is 0 Å². The largest absolute Gasteiger partial charge is 0.320 e. The first-order valence-electron chi connectivity index (χ1n) is 6.71. The summed E-state index contributed by atoms with van der Waals surface area (Å²) in [6, 6.07) is 14.4. The van der Waals surface area contributed by atoms with Crippen molar-refractivity contribution in [1.82, 2.24) is 0 Å². The molecule has 0 fully saturated rings. The molecular formula is C17H20ClN. The van der Waals surface area contributed by atoms with E-state index in [1.807, 2.05) is 19.1 Å². The van der Waals surface area contributed by atoms with Gasteiger partial charge in [0.1, 0.15) is 0 Å². The fraction of sp³-hybridized carbons (Fsp3) is 0.294. The van der Waals surface area contributed by atoms with E-state index in [0.29, 0.717) is 0 Å². The molecule has 1 nitrogen and oxygen atoms in total. The lowest BCUT2D eigenvalue weighted by Crippen LogP contribution is -2.12. The molecule has 19 heavy (non-hydrogen) atoms. The van der Waals surface area contributed by atoms with E-state index in [2.05, 4.69) is 37.3 Å². The summed E-state index contributed by atoms with van der Waals surface area (Å²) in [5.41, 5.74) is 11.1. The summed E-state index contributed by atoms with van der Waals surface area (Å²) in [4.78, 5) is 0. The van der Waals surface area contributed by atoms with Crippen molar-refractivity contribution in [1.29, 1.82) is 0 Å². The SMILES string of the molecule is CCCc1cccc(C(N)c2cc(C)cc(Cl)c2)c1. The minimum Gasteiger partial charge on any atom is -0.320 e. The van der Waals surface area contributed by atoms with Gasteiger partial charge in [0, 0.05) is 5.02 Å². The van der Waals surface area contributed by atoms with Gasteiger partial charge in [0.15, 0.2) is 0 Å². The summed E-state index contributed by atoms with van der Waals surface area (Å²) in [5.74, 6) is 0. The van der Waals surface area contributed by atoms with Gasteiger partial charge in [-0.15, -0.1) is 0 Å². The Morgan fingerprint density at radius 2 is 1.89 bits per heavy atom. The highest BCUT2D eigenvalue weighted by Gasteiger charge is 2.10. The van der Waals surface area contributed by atoms with Gasteiger partial charge in [-0.25, -0.2) is 0 Å². The first-order chi connectivity index (χ1) is 9.10. The summed E-state index contributed by atoms with van der Waals surface area (Å²) in [6.45, 7) is 4.22. The summed E-state index contributed by atoms with van der Waals surface area (Å²) in [7, 11) is 0. The number of hydrogen-bond acceptors (Lipinski definition) is 1. The zero-order valence-electron chi connectivity index (χ0n) is 11.5. The van der Waals surface area contributed by atoms with Crippen LogP contribution in [0.1, 0.15) is 41.6 Å². The van der Waals surface area contributed by atoms with Crippen LogP contribution in [0.25, 0.3) is 0 Å². The van der Waals surface area contributed by atoms with Crippen LogP contribution in [0.15, 0.2) is 42.5 Å². The van der Waals surface area contributed by atoms with Crippen molar-refractivity contribution in [3.63, 3.8) is 0 Å². The molecule has 0 radical (unpaired) electrons. The number of halogens is 1. The smallest absolute Gasteiger partial charge is 0.0552 e. The molecule has 0 spiro atoms. The number of hydrogen-bond donors (Lipinski definition) is 1. The molecule has 100 valence electrons. The Hall–Kier alpha value is -1.31. The zero-order chi connectivity index (χ0) is 13.8. The first kappa shape index (κ1) is 14.1. The molecule has 0 aromatic heterocycles. The molecule has 2 aromatic carbocycles. The molecule has 0 saturated carbocycles. The van der Waals surface area contributed by atoms with E-state index in [-0.39, 0.29) is 6.04 Å². The van der Waals surface area contributed by atoms with Crippen LogP contribution in [0.3, 0.4) is 0 Å². The molecule has 0 amide bonds. The second kappa shape index (κ2) is 6.23. The Balaban J connectivity index is 2.32. The van der Waals surface area contributed by atoms with E-state index < -0.39 is 0 Å². The molecule has 2 aromatic rings. The molecule has 0 aliphatic heterocycles. The van der Waals surface area contributed by atoms with Crippen molar-refractivity contribution in [2.75, 3.05) is 0 Å². The fourth-order valence-electron chi connectivity index (χ4n) is 2.37. The Morgan fingerprint density at radius 3 is 2.58 bits per heavy atom. The third-order valence-electron chi connectivity index (χ3n) is 3.27. The van der Waals surface area contributed by atoms with Crippen molar-refractivity contribution in [2.45, 2.75) is 32.7 Å². The average Bonchev–Trinajstić information content (AvgIpc) is 2.37. The molecule has 0 aliphatic carbocycles. The molecule has 1 atom stereocenters. The Morgan fingerprint density at radius 1 is 1.11 bits per heavy atom. The lowest BCUT2D eigenvalue weighted by atomic mass is 9.96. The normalized spacial score (nSPS) is 12.4. The van der Waals surface area contributed by atoms with Crippen molar-refractivity contribution in [2.24, 2.45) is 5.73 Å². The lowest BCUT2D eigenvalue weighted by Gasteiger charge is -2.15. The lowest BCUT2D eigenvalue weighted by molar-refractivity contribution is 0.857. The second-order valence-corrected chi connectivity index (χ2v) is 5.47. The van der Waals surface area contributed by atoms with E-state index in [4.69, 9.17) is 17.3 Å². The van der Waals surface area contributed by atoms with Crippen LogP contribution >= 0.6 is 11.6 Å². The van der Waals surface area contributed by atoms with Crippen LogP contribution in [0, 0.1) is 6.92 Å². The van der Waals surface area contributed by atoms with Gasteiger partial charge in [0.25, 0.3) is 0 Å². The minimum absolute atomic E-state index is 0.116. The van der Waals surface area contributed by atoms with Crippen molar-refractivity contribution >= 4 is 11.6 Å². The molecule has 0 saturated heterocycles. The van der Waals surface area contributed by atoms with Crippen LogP contribution in [-0.4, -0.2) is 0 Å². The molecular weight excluding hydrogens is 254 g/mol. The van der Waals surface area contributed by atoms with Crippen LogP contribution in [-0.2, 0) is 6.42 Å². The maximum absolute atomic E-state index is 6.36. The summed E-state index contributed by atoms with van der Waals surface area (Å²) >= 11 is 6.11.